The number of aromatic nitrogens is 4. The second-order valence-electron chi connectivity index (χ2n) is 8.26. The van der Waals surface area contributed by atoms with Gasteiger partial charge in [-0.15, -0.1) is 0 Å². The van der Waals surface area contributed by atoms with Crippen LogP contribution in [0.2, 0.25) is 0 Å². The minimum Gasteiger partial charge on any atom is -0.317 e. The maximum atomic E-state index is 12.7. The molecule has 0 saturated carbocycles. The highest BCUT2D eigenvalue weighted by Crippen LogP contribution is 2.27. The van der Waals surface area contributed by atoms with Crippen molar-refractivity contribution in [3.8, 4) is 11.3 Å². The Morgan fingerprint density at radius 2 is 2.07 bits per heavy atom. The molecule has 3 aromatic heterocycles. The van der Waals surface area contributed by atoms with Crippen LogP contribution in [0.4, 0.5) is 5.82 Å². The number of pyridine rings is 2. The van der Waals surface area contributed by atoms with E-state index in [2.05, 4.69) is 40.6 Å². The molecule has 3 aromatic rings. The van der Waals surface area contributed by atoms with Crippen LogP contribution in [0.5, 0.6) is 0 Å². The molecule has 4 rings (SSSR count). The molecule has 1 saturated heterocycles. The van der Waals surface area contributed by atoms with E-state index in [0.29, 0.717) is 11.7 Å². The van der Waals surface area contributed by atoms with Crippen LogP contribution in [0, 0.1) is 11.8 Å². The van der Waals surface area contributed by atoms with E-state index in [1.807, 2.05) is 31.7 Å². The Hall–Kier alpha value is -2.80. The van der Waals surface area contributed by atoms with E-state index in [-0.39, 0.29) is 11.8 Å². The molecule has 1 aliphatic heterocycles. The van der Waals surface area contributed by atoms with Crippen LogP contribution in [-0.4, -0.2) is 38.7 Å². The second-order valence-corrected chi connectivity index (χ2v) is 8.26. The summed E-state index contributed by atoms with van der Waals surface area (Å²) in [7, 11) is 1.89. The van der Waals surface area contributed by atoms with Crippen molar-refractivity contribution >= 4 is 22.5 Å². The number of aryl methyl sites for hydroxylation is 1. The standard InChI is InChI=1S/C22H28N6O/c1-14(2)8-20-18-12-24-19(17-11-25-28(3)13-17)9-16(18)10-21(26-20)27-22(29)15-4-6-23-7-5-15/h9-15,23H,4-8H2,1-3H3,(H,26,27,29). The van der Waals surface area contributed by atoms with E-state index < -0.39 is 0 Å². The number of anilines is 1. The molecule has 29 heavy (non-hydrogen) atoms. The fourth-order valence-corrected chi connectivity index (χ4v) is 3.85. The predicted molar refractivity (Wildman–Crippen MR) is 115 cm³/mol. The molecule has 4 heterocycles. The smallest absolute Gasteiger partial charge is 0.228 e. The summed E-state index contributed by atoms with van der Waals surface area (Å²) in [5.74, 6) is 1.19. The molecule has 7 nitrogen and oxygen atoms in total. The van der Waals surface area contributed by atoms with E-state index >= 15 is 0 Å². The molecule has 1 aliphatic rings. The number of nitrogens with zero attached hydrogens (tertiary/aromatic N) is 4. The van der Waals surface area contributed by atoms with E-state index in [1.54, 1.807) is 4.68 Å². The molecule has 7 heteroatoms. The fourth-order valence-electron chi connectivity index (χ4n) is 3.85. The van der Waals surface area contributed by atoms with Crippen molar-refractivity contribution in [2.75, 3.05) is 18.4 Å². The van der Waals surface area contributed by atoms with Gasteiger partial charge in [0.05, 0.1) is 17.6 Å². The van der Waals surface area contributed by atoms with Crippen LogP contribution in [0.3, 0.4) is 0 Å². The van der Waals surface area contributed by atoms with Gasteiger partial charge in [-0.3, -0.25) is 14.5 Å². The summed E-state index contributed by atoms with van der Waals surface area (Å²) in [6.07, 6.45) is 8.22. The van der Waals surface area contributed by atoms with Gasteiger partial charge in [0.1, 0.15) is 5.82 Å². The van der Waals surface area contributed by atoms with Crippen molar-refractivity contribution in [2.45, 2.75) is 33.1 Å². The normalized spacial score (nSPS) is 15.2. The largest absolute Gasteiger partial charge is 0.317 e. The Kier molecular flexibility index (Phi) is 5.58. The quantitative estimate of drug-likeness (QED) is 0.697. The van der Waals surface area contributed by atoms with Crippen molar-refractivity contribution in [2.24, 2.45) is 18.9 Å². The lowest BCUT2D eigenvalue weighted by molar-refractivity contribution is -0.120. The summed E-state index contributed by atoms with van der Waals surface area (Å²) in [5, 5.41) is 12.7. The van der Waals surface area contributed by atoms with Crippen LogP contribution >= 0.6 is 0 Å². The molecule has 0 bridgehead atoms. The van der Waals surface area contributed by atoms with Crippen LogP contribution in [0.25, 0.3) is 22.0 Å². The Bertz CT molecular complexity index is 1020. The number of amides is 1. The van der Waals surface area contributed by atoms with Gasteiger partial charge in [-0.2, -0.15) is 5.10 Å². The third-order valence-electron chi connectivity index (χ3n) is 5.36. The number of fused-ring (bicyclic) bond motifs is 1. The lowest BCUT2D eigenvalue weighted by Gasteiger charge is -2.22. The number of carbonyl (C=O) groups is 1. The fraction of sp³-hybridized carbons (Fsp3) is 0.455. The highest BCUT2D eigenvalue weighted by atomic mass is 16.1. The highest BCUT2D eigenvalue weighted by molar-refractivity contribution is 5.95. The zero-order valence-electron chi connectivity index (χ0n) is 17.3. The summed E-state index contributed by atoms with van der Waals surface area (Å²) in [6, 6.07) is 4.01. The van der Waals surface area contributed by atoms with E-state index in [0.717, 1.165) is 60.1 Å². The summed E-state index contributed by atoms with van der Waals surface area (Å²) < 4.78 is 1.77. The van der Waals surface area contributed by atoms with E-state index in [1.165, 1.54) is 0 Å². The number of hydrogen-bond acceptors (Lipinski definition) is 5. The van der Waals surface area contributed by atoms with Crippen molar-refractivity contribution in [3.63, 3.8) is 0 Å². The third-order valence-corrected chi connectivity index (χ3v) is 5.36. The van der Waals surface area contributed by atoms with Crippen LogP contribution in [0.1, 0.15) is 32.4 Å². The average Bonchev–Trinajstić information content (AvgIpc) is 3.14. The van der Waals surface area contributed by atoms with Gasteiger partial charge in [0.15, 0.2) is 0 Å². The van der Waals surface area contributed by atoms with Gasteiger partial charge in [0.25, 0.3) is 0 Å². The Morgan fingerprint density at radius 3 is 2.76 bits per heavy atom. The SMILES string of the molecule is CC(C)Cc1nc(NC(=O)C2CCNCC2)cc2cc(-c3cnn(C)c3)ncc12. The van der Waals surface area contributed by atoms with Crippen LogP contribution < -0.4 is 10.6 Å². The summed E-state index contributed by atoms with van der Waals surface area (Å²) in [5.41, 5.74) is 2.81. The van der Waals surface area contributed by atoms with Crippen molar-refractivity contribution < 1.29 is 4.79 Å². The second kappa shape index (κ2) is 8.29. The molecule has 2 N–H and O–H groups in total. The maximum absolute atomic E-state index is 12.7. The van der Waals surface area contributed by atoms with Crippen LogP contribution in [-0.2, 0) is 18.3 Å². The number of hydrogen-bond donors (Lipinski definition) is 2. The van der Waals surface area contributed by atoms with Crippen LogP contribution in [0.15, 0.2) is 30.7 Å². The summed E-state index contributed by atoms with van der Waals surface area (Å²) in [4.78, 5) is 22.1. The van der Waals surface area contributed by atoms with Crippen molar-refractivity contribution in [1.82, 2.24) is 25.1 Å². The van der Waals surface area contributed by atoms with E-state index in [4.69, 9.17) is 4.98 Å². The molecule has 0 aromatic carbocycles. The first kappa shape index (κ1) is 19.5. The molecule has 0 aliphatic carbocycles. The summed E-state index contributed by atoms with van der Waals surface area (Å²) in [6.45, 7) is 6.13. The zero-order chi connectivity index (χ0) is 20.4. The Morgan fingerprint density at radius 1 is 1.28 bits per heavy atom. The minimum absolute atomic E-state index is 0.0469. The lowest BCUT2D eigenvalue weighted by Crippen LogP contribution is -2.34. The molecule has 0 unspecified atom stereocenters. The monoisotopic (exact) mass is 392 g/mol. The average molecular weight is 393 g/mol. The number of piperidine rings is 1. The number of carbonyl (C=O) groups excluding carboxylic acids is 1. The molecular weight excluding hydrogens is 364 g/mol. The molecular formula is C22H28N6O. The Labute approximate surface area is 170 Å². The first-order valence-corrected chi connectivity index (χ1v) is 10.3. The summed E-state index contributed by atoms with van der Waals surface area (Å²) >= 11 is 0. The lowest BCUT2D eigenvalue weighted by atomic mass is 9.97. The first-order chi connectivity index (χ1) is 14.0. The molecule has 0 radical (unpaired) electrons. The third kappa shape index (κ3) is 4.45. The Balaban J connectivity index is 1.70. The van der Waals surface area contributed by atoms with Gasteiger partial charge in [-0.1, -0.05) is 13.8 Å². The van der Waals surface area contributed by atoms with Gasteiger partial charge < -0.3 is 10.6 Å². The molecule has 1 amide bonds. The van der Waals surface area contributed by atoms with Crippen molar-refractivity contribution in [1.29, 1.82) is 0 Å². The van der Waals surface area contributed by atoms with Crippen molar-refractivity contribution in [3.05, 3.63) is 36.4 Å². The van der Waals surface area contributed by atoms with E-state index in [9.17, 15) is 4.79 Å². The molecule has 1 fully saturated rings. The minimum atomic E-state index is 0.0469. The maximum Gasteiger partial charge on any atom is 0.228 e. The molecule has 0 spiro atoms. The first-order valence-electron chi connectivity index (χ1n) is 10.3. The molecule has 0 atom stereocenters. The molecule has 152 valence electrons. The zero-order valence-corrected chi connectivity index (χ0v) is 17.3. The number of rotatable bonds is 5. The number of nitrogens with one attached hydrogen (secondary N) is 2. The van der Waals surface area contributed by atoms with Gasteiger partial charge in [-0.25, -0.2) is 4.98 Å². The predicted octanol–water partition coefficient (Wildman–Crippen LogP) is 3.17. The van der Waals surface area contributed by atoms with Gasteiger partial charge in [0.2, 0.25) is 5.91 Å². The van der Waals surface area contributed by atoms with Gasteiger partial charge in [-0.05, 0) is 55.8 Å². The van der Waals surface area contributed by atoms with Gasteiger partial charge >= 0.3 is 0 Å². The highest BCUT2D eigenvalue weighted by Gasteiger charge is 2.22. The van der Waals surface area contributed by atoms with Gasteiger partial charge in [0, 0.05) is 36.3 Å². The topological polar surface area (TPSA) is 84.7 Å².